The van der Waals surface area contributed by atoms with Crippen molar-refractivity contribution in [3.05, 3.63) is 0 Å². The zero-order chi connectivity index (χ0) is 14.4. The molecule has 20 heavy (non-hydrogen) atoms. The molecule has 0 aromatic rings. The minimum Gasteiger partial charge on any atom is -0.376 e. The molecule has 0 unspecified atom stereocenters. The summed E-state index contributed by atoms with van der Waals surface area (Å²) >= 11 is 0. The quantitative estimate of drug-likeness (QED) is 0.765. The van der Waals surface area contributed by atoms with Gasteiger partial charge in [-0.1, -0.05) is 13.3 Å². The Labute approximate surface area is 120 Å². The molecular formula is C15H26N2O3. The van der Waals surface area contributed by atoms with Gasteiger partial charge in [0.2, 0.25) is 0 Å². The summed E-state index contributed by atoms with van der Waals surface area (Å²) in [6.07, 6.45) is 7.57. The van der Waals surface area contributed by atoms with Crippen LogP contribution in [0.2, 0.25) is 0 Å². The molecule has 1 saturated carbocycles. The summed E-state index contributed by atoms with van der Waals surface area (Å²) in [5, 5.41) is 5.50. The molecule has 114 valence electrons. The van der Waals surface area contributed by atoms with Gasteiger partial charge in [0.25, 0.3) is 0 Å². The smallest absolute Gasteiger partial charge is 0.309 e. The van der Waals surface area contributed by atoms with Gasteiger partial charge in [0.05, 0.1) is 6.10 Å². The molecule has 1 atom stereocenters. The number of amides is 2. The molecule has 0 aromatic carbocycles. The third kappa shape index (κ3) is 4.47. The maximum atomic E-state index is 11.8. The van der Waals surface area contributed by atoms with Gasteiger partial charge in [0.15, 0.2) is 0 Å². The van der Waals surface area contributed by atoms with E-state index in [1.807, 2.05) is 0 Å². The Morgan fingerprint density at radius 2 is 1.85 bits per heavy atom. The van der Waals surface area contributed by atoms with Crippen LogP contribution in [0.1, 0.15) is 51.9 Å². The van der Waals surface area contributed by atoms with Crippen LogP contribution in [0.4, 0.5) is 0 Å². The number of carbonyl (C=O) groups excluding carboxylic acids is 2. The maximum absolute atomic E-state index is 11.8. The minimum absolute atomic E-state index is 0.0757. The average Bonchev–Trinajstić information content (AvgIpc) is 2.98. The topological polar surface area (TPSA) is 67.4 Å². The fourth-order valence-electron chi connectivity index (χ4n) is 3.06. The van der Waals surface area contributed by atoms with Crippen molar-refractivity contribution in [2.45, 2.75) is 64.0 Å². The lowest BCUT2D eigenvalue weighted by atomic mass is 9.84. The van der Waals surface area contributed by atoms with Crippen molar-refractivity contribution in [2.24, 2.45) is 5.92 Å². The van der Waals surface area contributed by atoms with E-state index < -0.39 is 11.8 Å². The van der Waals surface area contributed by atoms with Crippen molar-refractivity contribution < 1.29 is 14.3 Å². The number of nitrogens with one attached hydrogen (secondary N) is 2. The first-order chi connectivity index (χ1) is 9.69. The van der Waals surface area contributed by atoms with Crippen LogP contribution in [-0.4, -0.2) is 37.1 Å². The number of hydrogen-bond donors (Lipinski definition) is 2. The van der Waals surface area contributed by atoms with Crippen LogP contribution in [-0.2, 0) is 14.3 Å². The third-order valence-corrected chi connectivity index (χ3v) is 4.48. The first-order valence-corrected chi connectivity index (χ1v) is 7.89. The second kappa shape index (κ2) is 7.62. The van der Waals surface area contributed by atoms with Gasteiger partial charge in [0.1, 0.15) is 0 Å². The molecule has 1 aliphatic heterocycles. The summed E-state index contributed by atoms with van der Waals surface area (Å²) in [6, 6.07) is 0.166. The van der Waals surface area contributed by atoms with Crippen molar-refractivity contribution in [1.82, 2.24) is 10.6 Å². The van der Waals surface area contributed by atoms with Gasteiger partial charge in [-0.05, 0) is 44.4 Å². The van der Waals surface area contributed by atoms with Gasteiger partial charge in [-0.2, -0.15) is 0 Å². The highest BCUT2D eigenvalue weighted by Gasteiger charge is 2.24. The Morgan fingerprint density at radius 1 is 1.10 bits per heavy atom. The first-order valence-electron chi connectivity index (χ1n) is 7.89. The molecule has 2 rings (SSSR count). The largest absolute Gasteiger partial charge is 0.376 e. The van der Waals surface area contributed by atoms with Gasteiger partial charge in [0, 0.05) is 19.2 Å². The van der Waals surface area contributed by atoms with Gasteiger partial charge < -0.3 is 15.4 Å². The lowest BCUT2D eigenvalue weighted by molar-refractivity contribution is -0.140. The molecule has 1 aliphatic carbocycles. The molecule has 1 saturated heterocycles. The molecule has 1 heterocycles. The van der Waals surface area contributed by atoms with Crippen LogP contribution < -0.4 is 10.6 Å². The number of ether oxygens (including phenoxy) is 1. The van der Waals surface area contributed by atoms with Crippen LogP contribution in [0.15, 0.2) is 0 Å². The summed E-state index contributed by atoms with van der Waals surface area (Å²) in [5.74, 6) is -0.238. The van der Waals surface area contributed by atoms with Gasteiger partial charge in [-0.3, -0.25) is 9.59 Å². The van der Waals surface area contributed by atoms with Crippen molar-refractivity contribution in [3.8, 4) is 0 Å². The third-order valence-electron chi connectivity index (χ3n) is 4.48. The Kier molecular flexibility index (Phi) is 5.83. The normalized spacial score (nSPS) is 29.9. The van der Waals surface area contributed by atoms with Gasteiger partial charge in [-0.25, -0.2) is 0 Å². The van der Waals surface area contributed by atoms with Crippen molar-refractivity contribution in [3.63, 3.8) is 0 Å². The fraction of sp³-hybridized carbons (Fsp3) is 0.867. The molecule has 2 fully saturated rings. The van der Waals surface area contributed by atoms with E-state index in [1.54, 1.807) is 0 Å². The minimum atomic E-state index is -0.530. The fourth-order valence-corrected chi connectivity index (χ4v) is 3.06. The van der Waals surface area contributed by atoms with Gasteiger partial charge >= 0.3 is 11.8 Å². The first kappa shape index (κ1) is 15.3. The van der Waals surface area contributed by atoms with E-state index in [9.17, 15) is 9.59 Å². The Morgan fingerprint density at radius 3 is 2.45 bits per heavy atom. The van der Waals surface area contributed by atoms with E-state index >= 15 is 0 Å². The molecule has 5 nitrogen and oxygen atoms in total. The molecule has 0 bridgehead atoms. The number of rotatable bonds is 4. The van der Waals surface area contributed by atoms with E-state index in [1.165, 1.54) is 6.42 Å². The second-order valence-corrected chi connectivity index (χ2v) is 5.94. The zero-order valence-corrected chi connectivity index (χ0v) is 12.3. The van der Waals surface area contributed by atoms with E-state index in [0.717, 1.165) is 51.0 Å². The summed E-state index contributed by atoms with van der Waals surface area (Å²) in [4.78, 5) is 23.5. The average molecular weight is 282 g/mol. The summed E-state index contributed by atoms with van der Waals surface area (Å²) in [7, 11) is 0. The van der Waals surface area contributed by atoms with Crippen molar-refractivity contribution in [2.75, 3.05) is 13.2 Å². The predicted molar refractivity (Wildman–Crippen MR) is 76.2 cm³/mol. The standard InChI is InChI=1S/C15H26N2O3/c1-2-11-5-7-12(8-6-11)17-15(19)14(18)16-10-13-4-3-9-20-13/h11-13H,2-10H2,1H3,(H,16,18)(H,17,19)/t11?,12?,13-/m1/s1. The molecule has 0 aromatic heterocycles. The zero-order valence-electron chi connectivity index (χ0n) is 12.3. The van der Waals surface area contributed by atoms with Crippen molar-refractivity contribution >= 4 is 11.8 Å². The lowest BCUT2D eigenvalue weighted by Crippen LogP contribution is -2.47. The Balaban J connectivity index is 1.64. The highest BCUT2D eigenvalue weighted by Crippen LogP contribution is 2.26. The monoisotopic (exact) mass is 282 g/mol. The maximum Gasteiger partial charge on any atom is 0.309 e. The molecule has 2 amide bonds. The van der Waals surface area contributed by atoms with E-state index in [4.69, 9.17) is 4.74 Å². The molecule has 2 N–H and O–H groups in total. The highest BCUT2D eigenvalue weighted by molar-refractivity contribution is 6.35. The summed E-state index contributed by atoms with van der Waals surface area (Å²) in [6.45, 7) is 3.41. The summed E-state index contributed by atoms with van der Waals surface area (Å²) in [5.41, 5.74) is 0. The molecule has 0 spiro atoms. The molecular weight excluding hydrogens is 256 g/mol. The number of hydrogen-bond acceptors (Lipinski definition) is 3. The van der Waals surface area contributed by atoms with Gasteiger partial charge in [-0.15, -0.1) is 0 Å². The van der Waals surface area contributed by atoms with E-state index in [0.29, 0.717) is 6.54 Å². The molecule has 0 radical (unpaired) electrons. The van der Waals surface area contributed by atoms with E-state index in [-0.39, 0.29) is 12.1 Å². The number of carbonyl (C=O) groups is 2. The highest BCUT2D eigenvalue weighted by atomic mass is 16.5. The van der Waals surface area contributed by atoms with Crippen LogP contribution in [0, 0.1) is 5.92 Å². The SMILES string of the molecule is CCC1CCC(NC(=O)C(=O)NC[C@H]2CCCO2)CC1. The molecule has 5 heteroatoms. The summed E-state index contributed by atoms with van der Waals surface area (Å²) < 4.78 is 5.41. The van der Waals surface area contributed by atoms with Crippen LogP contribution in [0.25, 0.3) is 0 Å². The predicted octanol–water partition coefficient (Wildman–Crippen LogP) is 1.37. The molecule has 2 aliphatic rings. The lowest BCUT2D eigenvalue weighted by Gasteiger charge is -2.28. The van der Waals surface area contributed by atoms with Crippen LogP contribution in [0.5, 0.6) is 0 Å². The second-order valence-electron chi connectivity index (χ2n) is 5.94. The van der Waals surface area contributed by atoms with Crippen LogP contribution >= 0.6 is 0 Å². The Bertz CT molecular complexity index is 332. The van der Waals surface area contributed by atoms with E-state index in [2.05, 4.69) is 17.6 Å². The van der Waals surface area contributed by atoms with Crippen molar-refractivity contribution in [1.29, 1.82) is 0 Å². The van der Waals surface area contributed by atoms with Crippen LogP contribution in [0.3, 0.4) is 0 Å². The Hall–Kier alpha value is -1.10.